The third-order valence-corrected chi connectivity index (χ3v) is 12.0. The Kier molecular flexibility index (Phi) is 13.0. The van der Waals surface area contributed by atoms with Gasteiger partial charge in [-0.15, -0.1) is 0 Å². The summed E-state index contributed by atoms with van der Waals surface area (Å²) >= 11 is 1.45. The topological polar surface area (TPSA) is 123 Å². The van der Waals surface area contributed by atoms with Gasteiger partial charge in [-0.25, -0.2) is 14.8 Å². The molecule has 0 saturated carbocycles. The second-order valence-electron chi connectivity index (χ2n) is 16.6. The predicted octanol–water partition coefficient (Wildman–Crippen LogP) is 9.26. The van der Waals surface area contributed by atoms with Gasteiger partial charge in [0.15, 0.2) is 10.8 Å². The maximum absolute atomic E-state index is 13.9. The molecule has 3 aromatic carbocycles. The molecule has 7 rings (SSSR count). The summed E-state index contributed by atoms with van der Waals surface area (Å²) in [7, 11) is 0. The average Bonchev–Trinajstić information content (AvgIpc) is 3.62. The van der Waals surface area contributed by atoms with E-state index in [0.29, 0.717) is 54.2 Å². The number of thiazole rings is 1. The molecular formula is C47H55N5O6S. The van der Waals surface area contributed by atoms with Crippen LogP contribution in [-0.2, 0) is 27.2 Å². The highest BCUT2D eigenvalue weighted by atomic mass is 32.1. The van der Waals surface area contributed by atoms with Gasteiger partial charge in [-0.1, -0.05) is 41.7 Å². The van der Waals surface area contributed by atoms with E-state index < -0.39 is 11.6 Å². The highest BCUT2D eigenvalue weighted by molar-refractivity contribution is 7.22. The number of esters is 2. The van der Waals surface area contributed by atoms with Crippen molar-refractivity contribution in [2.45, 2.75) is 91.9 Å². The van der Waals surface area contributed by atoms with E-state index in [1.165, 1.54) is 11.3 Å². The minimum atomic E-state index is -0.718. The Hall–Kier alpha value is -5.33. The van der Waals surface area contributed by atoms with Crippen molar-refractivity contribution in [3.05, 3.63) is 101 Å². The minimum Gasteiger partial charge on any atom is -0.491 e. The van der Waals surface area contributed by atoms with Crippen LogP contribution in [0, 0.1) is 12.8 Å². The number of aromatic nitrogens is 2. The van der Waals surface area contributed by atoms with Gasteiger partial charge in [0.25, 0.3) is 5.91 Å². The molecule has 1 unspecified atom stereocenters. The number of benzene rings is 3. The summed E-state index contributed by atoms with van der Waals surface area (Å²) in [5.41, 5.74) is 5.52. The molecule has 1 fully saturated rings. The average molecular weight is 818 g/mol. The van der Waals surface area contributed by atoms with E-state index in [1.807, 2.05) is 101 Å². The number of nitrogens with one attached hydrogen (secondary N) is 1. The smallest absolute Gasteiger partial charge is 0.358 e. The number of carbonyl (C=O) groups excluding carboxylic acids is 3. The van der Waals surface area contributed by atoms with Gasteiger partial charge in [0, 0.05) is 24.2 Å². The molecule has 59 heavy (non-hydrogen) atoms. The van der Waals surface area contributed by atoms with Gasteiger partial charge in [-0.3, -0.25) is 19.8 Å². The lowest BCUT2D eigenvalue weighted by atomic mass is 9.91. The molecule has 310 valence electrons. The quantitative estimate of drug-likeness (QED) is 0.115. The number of para-hydroxylation sites is 1. The fourth-order valence-electron chi connectivity index (χ4n) is 8.00. The van der Waals surface area contributed by atoms with E-state index in [9.17, 15) is 14.4 Å². The zero-order valence-corrected chi connectivity index (χ0v) is 35.8. The van der Waals surface area contributed by atoms with Gasteiger partial charge in [0.2, 0.25) is 0 Å². The van der Waals surface area contributed by atoms with Crippen LogP contribution in [0.5, 0.6) is 5.75 Å². The minimum absolute atomic E-state index is 0.0323. The third-order valence-electron chi connectivity index (χ3n) is 11.0. The van der Waals surface area contributed by atoms with Gasteiger partial charge in [0.1, 0.15) is 17.2 Å². The highest BCUT2D eigenvalue weighted by Gasteiger charge is 2.28. The number of aryl methyl sites for hydroxylation is 1. The van der Waals surface area contributed by atoms with Gasteiger partial charge in [-0.05, 0) is 157 Å². The molecule has 1 atom stereocenters. The maximum Gasteiger partial charge on any atom is 0.358 e. The van der Waals surface area contributed by atoms with Crippen LogP contribution in [0.4, 0.5) is 10.9 Å². The molecule has 11 nitrogen and oxygen atoms in total. The first kappa shape index (κ1) is 41.8. The largest absolute Gasteiger partial charge is 0.491 e. The number of ether oxygens (including phenoxy) is 3. The summed E-state index contributed by atoms with van der Waals surface area (Å²) in [6, 6.07) is 23.6. The fourth-order valence-corrected chi connectivity index (χ4v) is 8.86. The molecule has 5 aromatic rings. The molecule has 2 aromatic heterocycles. The molecule has 0 radical (unpaired) electrons. The van der Waals surface area contributed by atoms with E-state index in [-0.39, 0.29) is 23.7 Å². The lowest BCUT2D eigenvalue weighted by molar-refractivity contribution is -0.144. The Morgan fingerprint density at radius 3 is 2.47 bits per heavy atom. The van der Waals surface area contributed by atoms with Crippen LogP contribution in [0.3, 0.4) is 0 Å². The highest BCUT2D eigenvalue weighted by Crippen LogP contribution is 2.35. The van der Waals surface area contributed by atoms with Gasteiger partial charge in [0.05, 0.1) is 29.5 Å². The fraction of sp³-hybridized carbons (Fsp3) is 0.426. The van der Waals surface area contributed by atoms with Crippen LogP contribution in [0.15, 0.2) is 72.8 Å². The molecular weight excluding hydrogens is 763 g/mol. The first-order valence-electron chi connectivity index (χ1n) is 20.8. The summed E-state index contributed by atoms with van der Waals surface area (Å²) in [5, 5.41) is 3.58. The number of fused-ring (bicyclic) bond motifs is 2. The molecule has 2 aliphatic rings. The Bertz CT molecular complexity index is 2280. The molecule has 0 bridgehead atoms. The lowest BCUT2D eigenvalue weighted by Crippen LogP contribution is -2.38. The van der Waals surface area contributed by atoms with Crippen molar-refractivity contribution in [2.75, 3.05) is 43.0 Å². The Morgan fingerprint density at radius 2 is 1.73 bits per heavy atom. The Labute approximate surface area is 351 Å². The standard InChI is InChI=1S/C47H55N5O6S/c1-7-56-42(53)29-51-24-21-32(22-25-51)16-15-31(3)57-34-17-18-35(30(2)27-34)36-19-20-41(49-43(36)45(55)58-47(4,5)6)52-26-23-33-11-10-12-37(38(33)28-52)44(54)50-46-48-39-13-8-9-14-40(39)59-46/h8-14,17-20,27,31-32H,7,15-16,21-26,28-29H2,1-6H3,(H,48,50,54). The first-order valence-corrected chi connectivity index (χ1v) is 21.6. The van der Waals surface area contributed by atoms with E-state index in [4.69, 9.17) is 19.2 Å². The maximum atomic E-state index is 13.9. The number of amides is 1. The zero-order valence-electron chi connectivity index (χ0n) is 35.0. The molecule has 1 amide bonds. The third kappa shape index (κ3) is 10.5. The lowest BCUT2D eigenvalue weighted by Gasteiger charge is -2.31. The summed E-state index contributed by atoms with van der Waals surface area (Å²) in [6.07, 6.45) is 4.91. The first-order chi connectivity index (χ1) is 28.3. The number of carbonyl (C=O) groups is 3. The zero-order chi connectivity index (χ0) is 41.7. The van der Waals surface area contributed by atoms with Crippen molar-refractivity contribution in [3.63, 3.8) is 0 Å². The molecule has 1 saturated heterocycles. The SMILES string of the molecule is CCOC(=O)CN1CCC(CCC(C)Oc2ccc(-c3ccc(N4CCc5cccc(C(=O)Nc6nc7ccccc7s6)c5C4)nc3C(=O)OC(C)(C)C)c(C)c2)CC1. The molecule has 1 N–H and O–H groups in total. The number of anilines is 2. The van der Waals surface area contributed by atoms with Gasteiger partial charge < -0.3 is 19.1 Å². The number of rotatable bonds is 13. The molecule has 4 heterocycles. The number of pyridine rings is 1. The number of nitrogens with zero attached hydrogens (tertiary/aromatic N) is 4. The summed E-state index contributed by atoms with van der Waals surface area (Å²) in [6.45, 7) is 15.3. The Balaban J connectivity index is 1.04. The van der Waals surface area contributed by atoms with E-state index >= 15 is 0 Å². The van der Waals surface area contributed by atoms with Crippen LogP contribution < -0.4 is 15.0 Å². The van der Waals surface area contributed by atoms with Crippen molar-refractivity contribution in [2.24, 2.45) is 5.92 Å². The van der Waals surface area contributed by atoms with Crippen molar-refractivity contribution in [1.82, 2.24) is 14.9 Å². The summed E-state index contributed by atoms with van der Waals surface area (Å²) < 4.78 is 18.4. The second-order valence-corrected chi connectivity index (χ2v) is 17.7. The molecule has 2 aliphatic heterocycles. The van der Waals surface area contributed by atoms with Crippen LogP contribution in [0.25, 0.3) is 21.3 Å². The monoisotopic (exact) mass is 817 g/mol. The molecule has 12 heteroatoms. The van der Waals surface area contributed by atoms with Crippen LogP contribution in [-0.4, -0.2) is 77.2 Å². The number of hydrogen-bond acceptors (Lipinski definition) is 11. The van der Waals surface area contributed by atoms with E-state index in [0.717, 1.165) is 83.4 Å². The summed E-state index contributed by atoms with van der Waals surface area (Å²) in [4.78, 5) is 53.3. The number of likely N-dealkylation sites (tertiary alicyclic amines) is 1. The number of piperidine rings is 1. The van der Waals surface area contributed by atoms with Gasteiger partial charge in [-0.2, -0.15) is 0 Å². The molecule has 0 aliphatic carbocycles. The second kappa shape index (κ2) is 18.3. The Morgan fingerprint density at radius 1 is 0.949 bits per heavy atom. The predicted molar refractivity (Wildman–Crippen MR) is 233 cm³/mol. The van der Waals surface area contributed by atoms with Crippen LogP contribution >= 0.6 is 11.3 Å². The van der Waals surface area contributed by atoms with Crippen LogP contribution in [0.1, 0.15) is 97.8 Å². The van der Waals surface area contributed by atoms with Crippen LogP contribution in [0.2, 0.25) is 0 Å². The normalized spacial score (nSPS) is 15.4. The van der Waals surface area contributed by atoms with Gasteiger partial charge >= 0.3 is 11.9 Å². The summed E-state index contributed by atoms with van der Waals surface area (Å²) in [5.74, 6) is 1.18. The van der Waals surface area contributed by atoms with Crippen molar-refractivity contribution in [3.8, 4) is 16.9 Å². The molecule has 0 spiro atoms. The van der Waals surface area contributed by atoms with E-state index in [2.05, 4.69) is 33.1 Å². The van der Waals surface area contributed by atoms with Crippen molar-refractivity contribution in [1.29, 1.82) is 0 Å². The number of hydrogen-bond donors (Lipinski definition) is 1. The van der Waals surface area contributed by atoms with Crippen molar-refractivity contribution < 1.29 is 28.6 Å². The van der Waals surface area contributed by atoms with Crippen molar-refractivity contribution >= 4 is 50.3 Å². The van der Waals surface area contributed by atoms with E-state index in [1.54, 1.807) is 0 Å².